The molecule has 158 valence electrons. The molecule has 0 bridgehead atoms. The summed E-state index contributed by atoms with van der Waals surface area (Å²) in [6.45, 7) is 6.46. The van der Waals surface area contributed by atoms with Crippen LogP contribution in [0, 0.1) is 6.92 Å². The van der Waals surface area contributed by atoms with Gasteiger partial charge in [0.2, 0.25) is 5.89 Å². The van der Waals surface area contributed by atoms with Crippen LogP contribution in [0.25, 0.3) is 22.6 Å². The smallest absolute Gasteiger partial charge is 0.226 e. The Morgan fingerprint density at radius 3 is 2.40 bits per heavy atom. The lowest BCUT2D eigenvalue weighted by Gasteiger charge is -2.20. The minimum atomic E-state index is -3.29. The molecule has 1 aromatic carbocycles. The molecule has 0 aliphatic carbocycles. The lowest BCUT2D eigenvalue weighted by atomic mass is 10.1. The van der Waals surface area contributed by atoms with Crippen LogP contribution < -0.4 is 0 Å². The van der Waals surface area contributed by atoms with Crippen molar-refractivity contribution in [3.63, 3.8) is 0 Å². The Morgan fingerprint density at radius 2 is 1.80 bits per heavy atom. The Kier molecular flexibility index (Phi) is 5.75. The van der Waals surface area contributed by atoms with Gasteiger partial charge in [-0.15, -0.1) is 0 Å². The summed E-state index contributed by atoms with van der Waals surface area (Å²) >= 11 is 0. The van der Waals surface area contributed by atoms with E-state index < -0.39 is 9.84 Å². The predicted octanol–water partition coefficient (Wildman–Crippen LogP) is 4.14. The summed E-state index contributed by atoms with van der Waals surface area (Å²) in [6.07, 6.45) is 6.20. The zero-order valence-corrected chi connectivity index (χ0v) is 18.4. The number of hydrogen-bond donors (Lipinski definition) is 0. The van der Waals surface area contributed by atoms with Crippen LogP contribution in [0.5, 0.6) is 0 Å². The predicted molar refractivity (Wildman–Crippen MR) is 117 cm³/mol. The maximum absolute atomic E-state index is 11.6. The molecule has 2 aromatic heterocycles. The summed E-state index contributed by atoms with van der Waals surface area (Å²) in [5, 5.41) is 0.0778. The van der Waals surface area contributed by atoms with Crippen LogP contribution in [0.2, 0.25) is 0 Å². The monoisotopic (exact) mass is 425 g/mol. The first-order valence-electron chi connectivity index (χ1n) is 10.3. The van der Waals surface area contributed by atoms with Crippen LogP contribution in [-0.2, 0) is 16.3 Å². The normalized spacial score (nSPS) is 17.5. The highest BCUT2D eigenvalue weighted by molar-refractivity contribution is 7.90. The fourth-order valence-corrected chi connectivity index (χ4v) is 4.49. The summed E-state index contributed by atoms with van der Waals surface area (Å²) in [6, 6.07) is 11.8. The van der Waals surface area contributed by atoms with Gasteiger partial charge in [-0.05, 0) is 63.1 Å². The van der Waals surface area contributed by atoms with Gasteiger partial charge in [-0.1, -0.05) is 12.1 Å². The third-order valence-corrected chi connectivity index (χ3v) is 6.80. The molecule has 7 heteroatoms. The zero-order valence-electron chi connectivity index (χ0n) is 17.6. The minimum absolute atomic E-state index is 0.0778. The van der Waals surface area contributed by atoms with E-state index in [1.165, 1.54) is 25.5 Å². The molecule has 1 aliphatic rings. The van der Waals surface area contributed by atoms with Crippen molar-refractivity contribution < 1.29 is 12.8 Å². The second-order valence-electron chi connectivity index (χ2n) is 8.03. The van der Waals surface area contributed by atoms with Gasteiger partial charge in [0.15, 0.2) is 14.9 Å². The van der Waals surface area contributed by atoms with E-state index in [9.17, 15) is 8.42 Å². The van der Waals surface area contributed by atoms with Crippen molar-refractivity contribution in [2.45, 2.75) is 44.2 Å². The number of benzene rings is 1. The van der Waals surface area contributed by atoms with Crippen molar-refractivity contribution in [2.24, 2.45) is 0 Å². The number of hydrogen-bond acceptors (Lipinski definition) is 6. The Balaban J connectivity index is 1.47. The number of nitrogens with zero attached hydrogens (tertiary/aromatic N) is 3. The lowest BCUT2D eigenvalue weighted by Crippen LogP contribution is -2.29. The highest BCUT2D eigenvalue weighted by atomic mass is 32.2. The summed E-state index contributed by atoms with van der Waals surface area (Å²) in [4.78, 5) is 11.3. The van der Waals surface area contributed by atoms with Crippen LogP contribution >= 0.6 is 0 Å². The average Bonchev–Trinajstić information content (AvgIpc) is 3.31. The first kappa shape index (κ1) is 20.8. The average molecular weight is 426 g/mol. The topological polar surface area (TPSA) is 76.3 Å². The third kappa shape index (κ3) is 4.47. The molecule has 1 aliphatic heterocycles. The van der Waals surface area contributed by atoms with E-state index in [0.717, 1.165) is 47.4 Å². The van der Waals surface area contributed by atoms with Crippen molar-refractivity contribution in [3.8, 4) is 22.6 Å². The molecule has 3 aromatic rings. The Bertz CT molecular complexity index is 1120. The van der Waals surface area contributed by atoms with Gasteiger partial charge >= 0.3 is 0 Å². The number of likely N-dealkylation sites (tertiary alicyclic amines) is 1. The van der Waals surface area contributed by atoms with Crippen LogP contribution in [0.15, 0.2) is 52.0 Å². The quantitative estimate of drug-likeness (QED) is 0.591. The van der Waals surface area contributed by atoms with Crippen molar-refractivity contribution in [1.82, 2.24) is 14.9 Å². The Labute approximate surface area is 177 Å². The SMILES string of the molecule is Cc1oc(-c2ccc(-c3ccc(S(C)(=O)=O)nc3)cc2)nc1CCN1CCC[C@H]1C. The van der Waals surface area contributed by atoms with E-state index in [1.54, 1.807) is 12.3 Å². The number of aromatic nitrogens is 2. The van der Waals surface area contributed by atoms with Gasteiger partial charge in [-0.3, -0.25) is 0 Å². The molecule has 1 saturated heterocycles. The van der Waals surface area contributed by atoms with Crippen LogP contribution in [-0.4, -0.2) is 48.7 Å². The second kappa shape index (κ2) is 8.32. The van der Waals surface area contributed by atoms with E-state index >= 15 is 0 Å². The molecule has 1 atom stereocenters. The number of pyridine rings is 1. The van der Waals surface area contributed by atoms with Gasteiger partial charge in [0.05, 0.1) is 5.69 Å². The van der Waals surface area contributed by atoms with Gasteiger partial charge < -0.3 is 9.32 Å². The van der Waals surface area contributed by atoms with Gasteiger partial charge in [0.25, 0.3) is 0 Å². The fourth-order valence-electron chi connectivity index (χ4n) is 3.93. The van der Waals surface area contributed by atoms with E-state index in [1.807, 2.05) is 31.2 Å². The standard InChI is InChI=1S/C23H27N3O3S/c1-16-5-4-13-26(16)14-12-21-17(2)29-23(25-21)19-8-6-18(7-9-19)20-10-11-22(24-15-20)30(3,27)28/h6-11,15-16H,4-5,12-14H2,1-3H3/t16-/m1/s1. The van der Waals surface area contributed by atoms with Gasteiger partial charge in [-0.25, -0.2) is 18.4 Å². The molecule has 0 radical (unpaired) electrons. The molecule has 0 N–H and O–H groups in total. The molecule has 0 amide bonds. The summed E-state index contributed by atoms with van der Waals surface area (Å²) in [7, 11) is -3.29. The van der Waals surface area contributed by atoms with Crippen molar-refractivity contribution in [1.29, 1.82) is 0 Å². The summed E-state index contributed by atoms with van der Waals surface area (Å²) in [5.41, 5.74) is 3.76. The number of aryl methyl sites for hydroxylation is 1. The first-order chi connectivity index (χ1) is 14.3. The number of oxazole rings is 1. The highest BCUT2D eigenvalue weighted by Crippen LogP contribution is 2.27. The van der Waals surface area contributed by atoms with Crippen molar-refractivity contribution in [2.75, 3.05) is 19.3 Å². The summed E-state index contributed by atoms with van der Waals surface area (Å²) in [5.74, 6) is 1.51. The third-order valence-electron chi connectivity index (χ3n) is 5.80. The molecule has 0 saturated carbocycles. The molecular weight excluding hydrogens is 398 g/mol. The lowest BCUT2D eigenvalue weighted by molar-refractivity contribution is 0.271. The summed E-state index contributed by atoms with van der Waals surface area (Å²) < 4.78 is 29.1. The van der Waals surface area contributed by atoms with E-state index in [0.29, 0.717) is 11.9 Å². The van der Waals surface area contributed by atoms with E-state index in [2.05, 4.69) is 16.8 Å². The maximum Gasteiger partial charge on any atom is 0.226 e. The Hall–Kier alpha value is -2.51. The molecule has 1 fully saturated rings. The molecule has 0 spiro atoms. The number of sulfone groups is 1. The van der Waals surface area contributed by atoms with Gasteiger partial charge in [0, 0.05) is 42.6 Å². The van der Waals surface area contributed by atoms with Gasteiger partial charge in [0.1, 0.15) is 5.76 Å². The van der Waals surface area contributed by atoms with Crippen LogP contribution in [0.3, 0.4) is 0 Å². The molecule has 4 rings (SSSR count). The molecular formula is C23H27N3O3S. The molecule has 3 heterocycles. The largest absolute Gasteiger partial charge is 0.441 e. The fraction of sp³-hybridized carbons (Fsp3) is 0.391. The minimum Gasteiger partial charge on any atom is -0.441 e. The van der Waals surface area contributed by atoms with Crippen LogP contribution in [0.4, 0.5) is 0 Å². The van der Waals surface area contributed by atoms with Gasteiger partial charge in [-0.2, -0.15) is 0 Å². The molecule has 6 nitrogen and oxygen atoms in total. The van der Waals surface area contributed by atoms with E-state index in [4.69, 9.17) is 9.40 Å². The molecule has 30 heavy (non-hydrogen) atoms. The zero-order chi connectivity index (χ0) is 21.3. The van der Waals surface area contributed by atoms with Crippen LogP contribution in [0.1, 0.15) is 31.2 Å². The second-order valence-corrected chi connectivity index (χ2v) is 10.00. The molecule has 0 unspecified atom stereocenters. The highest BCUT2D eigenvalue weighted by Gasteiger charge is 2.21. The maximum atomic E-state index is 11.6. The Morgan fingerprint density at radius 1 is 1.10 bits per heavy atom. The number of rotatable bonds is 6. The van der Waals surface area contributed by atoms with Crippen molar-refractivity contribution in [3.05, 3.63) is 54.0 Å². The van der Waals surface area contributed by atoms with Crippen molar-refractivity contribution >= 4 is 9.84 Å². The first-order valence-corrected chi connectivity index (χ1v) is 12.2. The van der Waals surface area contributed by atoms with E-state index in [-0.39, 0.29) is 5.03 Å².